The minimum Gasteiger partial charge on any atom is -0.339 e. The van der Waals surface area contributed by atoms with Gasteiger partial charge in [-0.05, 0) is 39.0 Å². The third-order valence-electron chi connectivity index (χ3n) is 3.34. The number of allylic oxidation sites excluding steroid dienone is 1. The first-order valence-electron chi connectivity index (χ1n) is 6.27. The number of piperidine rings is 1. The van der Waals surface area contributed by atoms with Gasteiger partial charge in [0.2, 0.25) is 5.91 Å². The van der Waals surface area contributed by atoms with E-state index in [-0.39, 0.29) is 11.9 Å². The van der Waals surface area contributed by atoms with Crippen LogP contribution in [0, 0.1) is 5.92 Å². The molecule has 1 rings (SSSR count). The van der Waals surface area contributed by atoms with Crippen LogP contribution in [0.1, 0.15) is 40.0 Å². The highest BCUT2D eigenvalue weighted by Gasteiger charge is 2.25. The van der Waals surface area contributed by atoms with Gasteiger partial charge >= 0.3 is 0 Å². The summed E-state index contributed by atoms with van der Waals surface area (Å²) in [6, 6.07) is 0.186. The molecular weight excluding hydrogens is 200 g/mol. The smallest absolute Gasteiger partial charge is 0.249 e. The quantitative estimate of drug-likeness (QED) is 0.745. The van der Waals surface area contributed by atoms with Gasteiger partial charge in [0, 0.05) is 24.7 Å². The molecule has 0 spiro atoms. The summed E-state index contributed by atoms with van der Waals surface area (Å²) in [5, 5.41) is 0. The van der Waals surface area contributed by atoms with Crippen molar-refractivity contribution in [3.63, 3.8) is 0 Å². The molecule has 0 unspecified atom stereocenters. The van der Waals surface area contributed by atoms with Crippen molar-refractivity contribution in [3.8, 4) is 0 Å². The first kappa shape index (κ1) is 13.2. The molecule has 0 bridgehead atoms. The molecule has 2 atom stereocenters. The minimum atomic E-state index is 0.186. The van der Waals surface area contributed by atoms with E-state index >= 15 is 0 Å². The van der Waals surface area contributed by atoms with Gasteiger partial charge in [-0.3, -0.25) is 4.79 Å². The number of nitrogens with zero attached hydrogens (tertiary/aromatic N) is 1. The lowest BCUT2D eigenvalue weighted by Crippen LogP contribution is -2.45. The second-order valence-electron chi connectivity index (χ2n) is 4.81. The number of hydrogen-bond donors (Lipinski definition) is 1. The molecular formula is C13H24N2O. The van der Waals surface area contributed by atoms with Gasteiger partial charge in [0.05, 0.1) is 0 Å². The molecule has 16 heavy (non-hydrogen) atoms. The summed E-state index contributed by atoms with van der Waals surface area (Å²) in [6.45, 7) is 7.70. The molecule has 0 aromatic carbocycles. The van der Waals surface area contributed by atoms with Crippen LogP contribution in [-0.2, 0) is 4.79 Å². The minimum absolute atomic E-state index is 0.186. The van der Waals surface area contributed by atoms with Crippen LogP contribution >= 0.6 is 0 Å². The van der Waals surface area contributed by atoms with Crippen molar-refractivity contribution in [1.29, 1.82) is 0 Å². The second-order valence-corrected chi connectivity index (χ2v) is 4.81. The summed E-state index contributed by atoms with van der Waals surface area (Å²) < 4.78 is 0. The van der Waals surface area contributed by atoms with E-state index < -0.39 is 0 Å². The van der Waals surface area contributed by atoms with Crippen LogP contribution in [0.2, 0.25) is 0 Å². The summed E-state index contributed by atoms with van der Waals surface area (Å²) >= 11 is 0. The van der Waals surface area contributed by atoms with Crippen LogP contribution < -0.4 is 5.73 Å². The highest BCUT2D eigenvalue weighted by Crippen LogP contribution is 2.20. The van der Waals surface area contributed by atoms with Crippen molar-refractivity contribution in [2.45, 2.75) is 46.1 Å². The molecule has 1 aliphatic rings. The van der Waals surface area contributed by atoms with Crippen molar-refractivity contribution < 1.29 is 4.79 Å². The van der Waals surface area contributed by atoms with Gasteiger partial charge < -0.3 is 10.6 Å². The Labute approximate surface area is 98.7 Å². The maximum absolute atomic E-state index is 12.1. The van der Waals surface area contributed by atoms with Gasteiger partial charge in [-0.2, -0.15) is 0 Å². The van der Waals surface area contributed by atoms with Crippen molar-refractivity contribution >= 4 is 5.91 Å². The third-order valence-corrected chi connectivity index (χ3v) is 3.34. The molecule has 1 aliphatic heterocycles. The van der Waals surface area contributed by atoms with Gasteiger partial charge in [0.15, 0.2) is 0 Å². The lowest BCUT2D eigenvalue weighted by Gasteiger charge is -2.34. The Morgan fingerprint density at radius 1 is 1.62 bits per heavy atom. The van der Waals surface area contributed by atoms with Gasteiger partial charge in [0.25, 0.3) is 0 Å². The number of likely N-dealkylation sites (tertiary alicyclic amines) is 1. The van der Waals surface area contributed by atoms with E-state index in [9.17, 15) is 4.79 Å². The van der Waals surface area contributed by atoms with E-state index in [1.54, 1.807) is 0 Å². The van der Waals surface area contributed by atoms with Crippen molar-refractivity contribution in [1.82, 2.24) is 4.90 Å². The Kier molecular flexibility index (Phi) is 5.00. The Balaban J connectivity index is 2.60. The highest BCUT2D eigenvalue weighted by atomic mass is 16.2. The van der Waals surface area contributed by atoms with Crippen molar-refractivity contribution in [2.24, 2.45) is 11.7 Å². The topological polar surface area (TPSA) is 46.3 Å². The van der Waals surface area contributed by atoms with Gasteiger partial charge in [-0.25, -0.2) is 0 Å². The number of hydrogen-bond acceptors (Lipinski definition) is 2. The van der Waals surface area contributed by atoms with Crippen LogP contribution in [0.5, 0.6) is 0 Å². The van der Waals surface area contributed by atoms with Crippen LogP contribution in [0.3, 0.4) is 0 Å². The molecule has 3 nitrogen and oxygen atoms in total. The zero-order chi connectivity index (χ0) is 12.1. The lowest BCUT2D eigenvalue weighted by atomic mass is 9.92. The Morgan fingerprint density at radius 3 is 2.88 bits per heavy atom. The van der Waals surface area contributed by atoms with E-state index in [1.807, 2.05) is 24.8 Å². The molecule has 1 heterocycles. The maximum Gasteiger partial charge on any atom is 0.249 e. The molecule has 0 radical (unpaired) electrons. The Hall–Kier alpha value is -0.830. The average Bonchev–Trinajstić information content (AvgIpc) is 2.28. The summed E-state index contributed by atoms with van der Waals surface area (Å²) in [4.78, 5) is 14.0. The molecule has 3 heteroatoms. The first-order valence-corrected chi connectivity index (χ1v) is 6.27. The van der Waals surface area contributed by atoms with Gasteiger partial charge in [0.1, 0.15) is 0 Å². The summed E-state index contributed by atoms with van der Waals surface area (Å²) in [5.74, 6) is 0.652. The van der Waals surface area contributed by atoms with Crippen molar-refractivity contribution in [2.75, 3.05) is 13.1 Å². The Bertz CT molecular complexity index is 271. The molecule has 92 valence electrons. The van der Waals surface area contributed by atoms with E-state index in [1.165, 1.54) is 0 Å². The van der Waals surface area contributed by atoms with E-state index in [4.69, 9.17) is 5.73 Å². The fourth-order valence-electron chi connectivity index (χ4n) is 2.27. The molecule has 1 amide bonds. The summed E-state index contributed by atoms with van der Waals surface area (Å²) in [5.41, 5.74) is 6.78. The first-order chi connectivity index (χ1) is 7.56. The van der Waals surface area contributed by atoms with E-state index in [2.05, 4.69) is 6.92 Å². The number of nitrogens with two attached hydrogens (primary N) is 1. The standard InChI is InChI=1S/C13H24N2O/c1-4-6-10(2)13(16)15-8-5-7-12(9-15)11(3)14/h6,11-12H,4-5,7-9,14H2,1-3H3/b10-6+/t11-,12-/m1/s1. The normalized spacial score (nSPS) is 24.4. The summed E-state index contributed by atoms with van der Waals surface area (Å²) in [7, 11) is 0. The maximum atomic E-state index is 12.1. The van der Waals surface area contributed by atoms with E-state index in [0.29, 0.717) is 5.92 Å². The predicted octanol–water partition coefficient (Wildman–Crippen LogP) is 1.93. The monoisotopic (exact) mass is 224 g/mol. The van der Waals surface area contributed by atoms with Crippen LogP contribution in [0.15, 0.2) is 11.6 Å². The second kappa shape index (κ2) is 6.04. The molecule has 1 fully saturated rings. The van der Waals surface area contributed by atoms with Crippen molar-refractivity contribution in [3.05, 3.63) is 11.6 Å². The van der Waals surface area contributed by atoms with Crippen LogP contribution in [0.4, 0.5) is 0 Å². The molecule has 0 aromatic heterocycles. The largest absolute Gasteiger partial charge is 0.339 e. The molecule has 2 N–H and O–H groups in total. The number of amides is 1. The molecule has 0 aliphatic carbocycles. The zero-order valence-corrected chi connectivity index (χ0v) is 10.7. The SMILES string of the molecule is CC/C=C(\C)C(=O)N1CCC[C@@H]([C@@H](C)N)C1. The molecule has 0 saturated carbocycles. The fourth-order valence-corrected chi connectivity index (χ4v) is 2.27. The Morgan fingerprint density at radius 2 is 2.31 bits per heavy atom. The third kappa shape index (κ3) is 3.34. The highest BCUT2D eigenvalue weighted by molar-refractivity contribution is 5.92. The fraction of sp³-hybridized carbons (Fsp3) is 0.769. The molecule has 1 saturated heterocycles. The lowest BCUT2D eigenvalue weighted by molar-refractivity contribution is -0.129. The van der Waals surface area contributed by atoms with Gasteiger partial charge in [-0.15, -0.1) is 0 Å². The summed E-state index contributed by atoms with van der Waals surface area (Å²) in [6.07, 6.45) is 5.15. The number of carbonyl (C=O) groups is 1. The van der Waals surface area contributed by atoms with Gasteiger partial charge in [-0.1, -0.05) is 13.0 Å². The number of carbonyl (C=O) groups excluding carboxylic acids is 1. The van der Waals surface area contributed by atoms with Crippen LogP contribution in [0.25, 0.3) is 0 Å². The van der Waals surface area contributed by atoms with Crippen LogP contribution in [-0.4, -0.2) is 29.9 Å². The van der Waals surface area contributed by atoms with E-state index in [0.717, 1.165) is 37.9 Å². The molecule has 0 aromatic rings. The zero-order valence-electron chi connectivity index (χ0n) is 10.7. The predicted molar refractivity (Wildman–Crippen MR) is 67.0 cm³/mol. The number of rotatable bonds is 3. The average molecular weight is 224 g/mol.